The number of carbonyl (C=O) groups is 1. The number of rotatable bonds is 4. The van der Waals surface area contributed by atoms with Crippen LogP contribution in [0.25, 0.3) is 0 Å². The van der Waals surface area contributed by atoms with Crippen LogP contribution in [0.3, 0.4) is 0 Å². The van der Waals surface area contributed by atoms with Crippen LogP contribution in [-0.4, -0.2) is 35.4 Å². The van der Waals surface area contributed by atoms with Crippen LogP contribution in [0.2, 0.25) is 0 Å². The molecule has 0 bridgehead atoms. The van der Waals surface area contributed by atoms with Crippen molar-refractivity contribution in [1.82, 2.24) is 4.90 Å². The average Bonchev–Trinajstić information content (AvgIpc) is 2.84. The summed E-state index contributed by atoms with van der Waals surface area (Å²) < 4.78 is 0. The largest absolute Gasteiger partial charge is 0.374 e. The molecule has 0 saturated heterocycles. The first-order valence-electron chi connectivity index (χ1n) is 7.11. The number of anilines is 1. The molecule has 1 fully saturated rings. The molecule has 1 aromatic rings. The number of nitrogens with one attached hydrogen (secondary N) is 1. The van der Waals surface area contributed by atoms with Gasteiger partial charge >= 0.3 is 0 Å². The minimum Gasteiger partial charge on any atom is -0.374 e. The van der Waals surface area contributed by atoms with Gasteiger partial charge in [-0.05, 0) is 31.9 Å². The average molecular weight is 291 g/mol. The summed E-state index contributed by atoms with van der Waals surface area (Å²) >= 11 is 0. The van der Waals surface area contributed by atoms with Gasteiger partial charge in [0.2, 0.25) is 0 Å². The molecule has 1 aliphatic carbocycles. The van der Waals surface area contributed by atoms with Crippen molar-refractivity contribution in [3.8, 4) is 0 Å². The standard InChI is InChI=1S/C15H21N3O3/c1-15(8-4-5-9-15)16-12-7-6-11(14(19)17(2)3)10-13(12)18(20)21/h6-7,10,16H,4-5,8-9H2,1-3H3. The molecule has 6 nitrogen and oxygen atoms in total. The Hall–Kier alpha value is -2.11. The highest BCUT2D eigenvalue weighted by molar-refractivity contribution is 5.95. The van der Waals surface area contributed by atoms with E-state index in [0.29, 0.717) is 11.3 Å². The highest BCUT2D eigenvalue weighted by atomic mass is 16.6. The van der Waals surface area contributed by atoms with Gasteiger partial charge in [-0.15, -0.1) is 0 Å². The van der Waals surface area contributed by atoms with Crippen molar-refractivity contribution < 1.29 is 9.72 Å². The van der Waals surface area contributed by atoms with E-state index < -0.39 is 4.92 Å². The third-order valence-corrected chi connectivity index (χ3v) is 3.99. The van der Waals surface area contributed by atoms with Crippen molar-refractivity contribution in [3.63, 3.8) is 0 Å². The first-order chi connectivity index (χ1) is 9.82. The first-order valence-corrected chi connectivity index (χ1v) is 7.11. The lowest BCUT2D eigenvalue weighted by molar-refractivity contribution is -0.384. The summed E-state index contributed by atoms with van der Waals surface area (Å²) in [5.41, 5.74) is 0.669. The molecule has 1 aliphatic rings. The number of benzene rings is 1. The number of hydrogen-bond donors (Lipinski definition) is 1. The number of nitrogens with zero attached hydrogens (tertiary/aromatic N) is 2. The molecule has 1 aromatic carbocycles. The Kier molecular flexibility index (Phi) is 4.16. The summed E-state index contributed by atoms with van der Waals surface area (Å²) in [6.45, 7) is 2.09. The molecule has 21 heavy (non-hydrogen) atoms. The summed E-state index contributed by atoms with van der Waals surface area (Å²) in [6, 6.07) is 4.62. The zero-order chi connectivity index (χ0) is 15.6. The summed E-state index contributed by atoms with van der Waals surface area (Å²) in [4.78, 5) is 24.2. The van der Waals surface area contributed by atoms with Crippen molar-refractivity contribution in [1.29, 1.82) is 0 Å². The molecule has 0 spiro atoms. The van der Waals surface area contributed by atoms with Crippen LogP contribution in [0.4, 0.5) is 11.4 Å². The number of hydrogen-bond acceptors (Lipinski definition) is 4. The van der Waals surface area contributed by atoms with Gasteiger partial charge in [-0.25, -0.2) is 0 Å². The molecule has 114 valence electrons. The molecule has 6 heteroatoms. The van der Waals surface area contributed by atoms with Crippen LogP contribution in [0.15, 0.2) is 18.2 Å². The number of nitro groups is 1. The Labute approximate surface area is 124 Å². The molecule has 1 saturated carbocycles. The van der Waals surface area contributed by atoms with Gasteiger partial charge in [0.05, 0.1) is 4.92 Å². The Morgan fingerprint density at radius 3 is 2.48 bits per heavy atom. The summed E-state index contributed by atoms with van der Waals surface area (Å²) in [5, 5.41) is 14.6. The molecule has 0 aromatic heterocycles. The van der Waals surface area contributed by atoms with E-state index in [9.17, 15) is 14.9 Å². The van der Waals surface area contributed by atoms with Gasteiger partial charge in [0.25, 0.3) is 11.6 Å². The van der Waals surface area contributed by atoms with Crippen LogP contribution in [0, 0.1) is 10.1 Å². The van der Waals surface area contributed by atoms with E-state index in [1.54, 1.807) is 26.2 Å². The maximum absolute atomic E-state index is 11.9. The van der Waals surface area contributed by atoms with Gasteiger partial charge in [0.15, 0.2) is 0 Å². The smallest absolute Gasteiger partial charge is 0.293 e. The SMILES string of the molecule is CN(C)C(=O)c1ccc(NC2(C)CCCC2)c([N+](=O)[O-])c1. The quantitative estimate of drug-likeness (QED) is 0.683. The first kappa shape index (κ1) is 15.3. The van der Waals surface area contributed by atoms with Crippen LogP contribution in [0.5, 0.6) is 0 Å². The normalized spacial score (nSPS) is 16.5. The summed E-state index contributed by atoms with van der Waals surface area (Å²) in [7, 11) is 3.25. The molecule has 0 unspecified atom stereocenters. The second-order valence-electron chi connectivity index (χ2n) is 6.08. The maximum Gasteiger partial charge on any atom is 0.293 e. The molecule has 0 aliphatic heterocycles. The monoisotopic (exact) mass is 291 g/mol. The van der Waals surface area contributed by atoms with E-state index >= 15 is 0 Å². The molecule has 1 amide bonds. The van der Waals surface area contributed by atoms with Gasteiger partial charge in [0, 0.05) is 31.3 Å². The number of nitro benzene ring substituents is 1. The zero-order valence-electron chi connectivity index (χ0n) is 12.7. The van der Waals surface area contributed by atoms with Gasteiger partial charge < -0.3 is 10.2 Å². The summed E-state index contributed by atoms with van der Waals surface area (Å²) in [6.07, 6.45) is 4.27. The zero-order valence-corrected chi connectivity index (χ0v) is 12.7. The van der Waals surface area contributed by atoms with Gasteiger partial charge in [-0.3, -0.25) is 14.9 Å². The minimum absolute atomic E-state index is 0.0455. The van der Waals surface area contributed by atoms with Crippen LogP contribution in [-0.2, 0) is 0 Å². The molecule has 0 radical (unpaired) electrons. The molecule has 1 N–H and O–H groups in total. The van der Waals surface area contributed by atoms with Crippen molar-refractivity contribution in [2.24, 2.45) is 0 Å². The van der Waals surface area contributed by atoms with E-state index in [2.05, 4.69) is 12.2 Å². The van der Waals surface area contributed by atoms with Crippen LogP contribution in [0.1, 0.15) is 43.0 Å². The van der Waals surface area contributed by atoms with Gasteiger partial charge in [-0.2, -0.15) is 0 Å². The Morgan fingerprint density at radius 2 is 1.95 bits per heavy atom. The molecule has 2 rings (SSSR count). The Bertz CT molecular complexity index is 563. The molecular weight excluding hydrogens is 270 g/mol. The van der Waals surface area contributed by atoms with E-state index in [-0.39, 0.29) is 17.1 Å². The van der Waals surface area contributed by atoms with Gasteiger partial charge in [0.1, 0.15) is 5.69 Å². The predicted molar refractivity (Wildman–Crippen MR) is 81.6 cm³/mol. The fraction of sp³-hybridized carbons (Fsp3) is 0.533. The lowest BCUT2D eigenvalue weighted by Crippen LogP contribution is -2.31. The predicted octanol–water partition coefficient (Wildman–Crippen LogP) is 3.04. The van der Waals surface area contributed by atoms with Crippen molar-refractivity contribution in [3.05, 3.63) is 33.9 Å². The number of amides is 1. The third kappa shape index (κ3) is 3.32. The summed E-state index contributed by atoms with van der Waals surface area (Å²) in [5.74, 6) is -0.239. The van der Waals surface area contributed by atoms with Crippen LogP contribution < -0.4 is 5.32 Å². The third-order valence-electron chi connectivity index (χ3n) is 3.99. The minimum atomic E-state index is -0.437. The van der Waals surface area contributed by atoms with Crippen LogP contribution >= 0.6 is 0 Å². The topological polar surface area (TPSA) is 75.5 Å². The maximum atomic E-state index is 11.9. The number of carbonyl (C=O) groups excluding carboxylic acids is 1. The van der Waals surface area contributed by atoms with Crippen molar-refractivity contribution in [2.75, 3.05) is 19.4 Å². The highest BCUT2D eigenvalue weighted by Crippen LogP contribution is 2.36. The molecule has 0 atom stereocenters. The highest BCUT2D eigenvalue weighted by Gasteiger charge is 2.30. The fourth-order valence-electron chi connectivity index (χ4n) is 2.79. The second kappa shape index (κ2) is 5.71. The van der Waals surface area contributed by atoms with Crippen molar-refractivity contribution >= 4 is 17.3 Å². The van der Waals surface area contributed by atoms with E-state index in [4.69, 9.17) is 0 Å². The lowest BCUT2D eigenvalue weighted by Gasteiger charge is -2.26. The Morgan fingerprint density at radius 1 is 1.33 bits per heavy atom. The molecule has 0 heterocycles. The second-order valence-corrected chi connectivity index (χ2v) is 6.08. The van der Waals surface area contributed by atoms with E-state index in [1.807, 2.05) is 0 Å². The van der Waals surface area contributed by atoms with E-state index in [0.717, 1.165) is 25.7 Å². The van der Waals surface area contributed by atoms with E-state index in [1.165, 1.54) is 11.0 Å². The fourth-order valence-corrected chi connectivity index (χ4v) is 2.79. The Balaban J connectivity index is 2.33. The lowest BCUT2D eigenvalue weighted by atomic mass is 9.99. The van der Waals surface area contributed by atoms with Gasteiger partial charge in [-0.1, -0.05) is 12.8 Å². The van der Waals surface area contributed by atoms with Crippen molar-refractivity contribution in [2.45, 2.75) is 38.1 Å². The molecular formula is C15H21N3O3.